The minimum absolute atomic E-state index is 0.102. The molecule has 2 aromatic rings. The van der Waals surface area contributed by atoms with Crippen LogP contribution in [0.15, 0.2) is 6.20 Å². The molecule has 1 saturated heterocycles. The van der Waals surface area contributed by atoms with Crippen molar-refractivity contribution >= 4 is 21.5 Å². The molecular weight excluding hydrogens is 316 g/mol. The highest BCUT2D eigenvalue weighted by molar-refractivity contribution is 7.90. The molecule has 0 bridgehead atoms. The summed E-state index contributed by atoms with van der Waals surface area (Å²) in [6, 6.07) is 0. The van der Waals surface area contributed by atoms with Crippen LogP contribution in [0.25, 0.3) is 5.65 Å². The number of hydrogen-bond donors (Lipinski definition) is 1. The van der Waals surface area contributed by atoms with Gasteiger partial charge in [-0.1, -0.05) is 0 Å². The van der Waals surface area contributed by atoms with E-state index in [0.29, 0.717) is 13.1 Å². The fourth-order valence-electron chi connectivity index (χ4n) is 3.66. The number of fused-ring (bicyclic) bond motifs is 3. The molecule has 23 heavy (non-hydrogen) atoms. The molecule has 9 heteroatoms. The van der Waals surface area contributed by atoms with Gasteiger partial charge in [-0.2, -0.15) is 0 Å². The standard InChI is InChI=1S/C14H18N6O2S/c21-23(22,10-1-2-10)19-6-4-9(8-19)14-18-17-12-7-16-13-11(20(12)14)3-5-15-13/h7,9-10,15H,1-6,8H2/t9-/m0/s1. The smallest absolute Gasteiger partial charge is 0.217 e. The molecule has 0 amide bonds. The number of nitrogens with one attached hydrogen (secondary N) is 1. The van der Waals surface area contributed by atoms with Crippen LogP contribution in [-0.4, -0.2) is 57.2 Å². The Morgan fingerprint density at radius 1 is 1.22 bits per heavy atom. The second kappa shape index (κ2) is 4.64. The van der Waals surface area contributed by atoms with Gasteiger partial charge in [0.1, 0.15) is 11.6 Å². The van der Waals surface area contributed by atoms with Crippen LogP contribution in [0, 0.1) is 0 Å². The van der Waals surface area contributed by atoms with Gasteiger partial charge in [0.25, 0.3) is 0 Å². The summed E-state index contributed by atoms with van der Waals surface area (Å²) in [4.78, 5) is 4.37. The summed E-state index contributed by atoms with van der Waals surface area (Å²) in [5, 5.41) is 11.7. The van der Waals surface area contributed by atoms with Crippen LogP contribution in [0.4, 0.5) is 5.82 Å². The minimum atomic E-state index is -3.10. The predicted molar refractivity (Wildman–Crippen MR) is 83.8 cm³/mol. The van der Waals surface area contributed by atoms with Gasteiger partial charge < -0.3 is 5.32 Å². The summed E-state index contributed by atoms with van der Waals surface area (Å²) in [7, 11) is -3.10. The van der Waals surface area contributed by atoms with Crippen molar-refractivity contribution in [2.75, 3.05) is 25.0 Å². The molecule has 8 nitrogen and oxygen atoms in total. The normalized spacial score (nSPS) is 25.0. The van der Waals surface area contributed by atoms with E-state index in [9.17, 15) is 8.42 Å². The quantitative estimate of drug-likeness (QED) is 0.872. The maximum Gasteiger partial charge on any atom is 0.217 e. The maximum atomic E-state index is 12.4. The fraction of sp³-hybridized carbons (Fsp3) is 0.643. The molecule has 3 aliphatic rings. The third-order valence-corrected chi connectivity index (χ3v) is 7.41. The van der Waals surface area contributed by atoms with Gasteiger partial charge in [0.15, 0.2) is 5.65 Å². The first-order chi connectivity index (χ1) is 11.1. The summed E-state index contributed by atoms with van der Waals surface area (Å²) in [6.45, 7) is 1.97. The highest BCUT2D eigenvalue weighted by atomic mass is 32.2. The molecule has 0 radical (unpaired) electrons. The van der Waals surface area contributed by atoms with Crippen molar-refractivity contribution in [1.82, 2.24) is 23.9 Å². The van der Waals surface area contributed by atoms with Gasteiger partial charge in [-0.15, -0.1) is 10.2 Å². The van der Waals surface area contributed by atoms with E-state index in [-0.39, 0.29) is 11.2 Å². The molecular formula is C14H18N6O2S. The summed E-state index contributed by atoms with van der Waals surface area (Å²) in [5.74, 6) is 1.86. The predicted octanol–water partition coefficient (Wildman–Crippen LogP) is 0.374. The Morgan fingerprint density at radius 3 is 2.91 bits per heavy atom. The van der Waals surface area contributed by atoms with Gasteiger partial charge in [0.2, 0.25) is 10.0 Å². The van der Waals surface area contributed by atoms with Crippen LogP contribution in [0.5, 0.6) is 0 Å². The van der Waals surface area contributed by atoms with Crippen LogP contribution in [0.3, 0.4) is 0 Å². The Morgan fingerprint density at radius 2 is 2.09 bits per heavy atom. The van der Waals surface area contributed by atoms with Crippen molar-refractivity contribution in [3.05, 3.63) is 17.7 Å². The van der Waals surface area contributed by atoms with E-state index in [4.69, 9.17) is 0 Å². The first kappa shape index (κ1) is 13.7. The Labute approximate surface area is 134 Å². The Hall–Kier alpha value is -1.74. The van der Waals surface area contributed by atoms with E-state index in [2.05, 4.69) is 24.9 Å². The first-order valence-corrected chi connectivity index (χ1v) is 9.60. The summed E-state index contributed by atoms with van der Waals surface area (Å²) in [5.41, 5.74) is 1.84. The number of rotatable bonds is 3. The monoisotopic (exact) mass is 334 g/mol. The molecule has 5 rings (SSSR count). The molecule has 122 valence electrons. The van der Waals surface area contributed by atoms with Crippen LogP contribution < -0.4 is 5.32 Å². The molecule has 4 heterocycles. The molecule has 0 spiro atoms. The summed E-state index contributed by atoms with van der Waals surface area (Å²) < 4.78 is 28.6. The number of nitrogens with zero attached hydrogens (tertiary/aromatic N) is 5. The van der Waals surface area contributed by atoms with Crippen molar-refractivity contribution < 1.29 is 8.42 Å². The van der Waals surface area contributed by atoms with E-state index >= 15 is 0 Å². The first-order valence-electron chi connectivity index (χ1n) is 8.10. The fourth-order valence-corrected chi connectivity index (χ4v) is 5.56. The van der Waals surface area contributed by atoms with Gasteiger partial charge in [-0.25, -0.2) is 17.7 Å². The third-order valence-electron chi connectivity index (χ3n) is 5.04. The van der Waals surface area contributed by atoms with Crippen LogP contribution in [0.1, 0.15) is 36.7 Å². The van der Waals surface area contributed by atoms with Crippen molar-refractivity contribution in [2.24, 2.45) is 0 Å². The van der Waals surface area contributed by atoms with Gasteiger partial charge in [0.05, 0.1) is 17.1 Å². The summed E-state index contributed by atoms with van der Waals surface area (Å²) >= 11 is 0. The van der Waals surface area contributed by atoms with Crippen LogP contribution in [0.2, 0.25) is 0 Å². The lowest BCUT2D eigenvalue weighted by Crippen LogP contribution is -2.31. The van der Waals surface area contributed by atoms with Gasteiger partial charge in [-0.05, 0) is 19.3 Å². The average Bonchev–Trinajstić information content (AvgIpc) is 2.98. The zero-order valence-electron chi connectivity index (χ0n) is 12.6. The molecule has 1 N–H and O–H groups in total. The van der Waals surface area contributed by atoms with Crippen LogP contribution in [-0.2, 0) is 16.4 Å². The molecule has 1 saturated carbocycles. The van der Waals surface area contributed by atoms with Gasteiger partial charge >= 0.3 is 0 Å². The average molecular weight is 334 g/mol. The van der Waals surface area contributed by atoms with Crippen molar-refractivity contribution in [2.45, 2.75) is 36.9 Å². The summed E-state index contributed by atoms with van der Waals surface area (Å²) in [6.07, 6.45) is 5.03. The number of anilines is 1. The molecule has 2 aliphatic heterocycles. The van der Waals surface area contributed by atoms with Crippen molar-refractivity contribution in [3.63, 3.8) is 0 Å². The largest absolute Gasteiger partial charge is 0.368 e. The Balaban J connectivity index is 1.51. The zero-order valence-corrected chi connectivity index (χ0v) is 13.5. The third kappa shape index (κ3) is 1.99. The van der Waals surface area contributed by atoms with Crippen molar-refractivity contribution in [3.8, 4) is 0 Å². The Kier molecular flexibility index (Phi) is 2.76. The lowest BCUT2D eigenvalue weighted by Gasteiger charge is -2.16. The van der Waals surface area contributed by atoms with E-state index in [0.717, 1.165) is 55.2 Å². The molecule has 2 fully saturated rings. The molecule has 0 unspecified atom stereocenters. The molecule has 1 aliphatic carbocycles. The van der Waals surface area contributed by atoms with Crippen LogP contribution >= 0.6 is 0 Å². The Bertz CT molecular complexity index is 888. The topological polar surface area (TPSA) is 92.5 Å². The molecule has 0 aromatic carbocycles. The highest BCUT2D eigenvalue weighted by Crippen LogP contribution is 2.36. The minimum Gasteiger partial charge on any atom is -0.368 e. The van der Waals surface area contributed by atoms with E-state index in [1.54, 1.807) is 10.5 Å². The number of sulfonamides is 1. The van der Waals surface area contributed by atoms with Gasteiger partial charge in [0, 0.05) is 32.0 Å². The maximum absolute atomic E-state index is 12.4. The molecule has 1 atom stereocenters. The second-order valence-corrected chi connectivity index (χ2v) is 8.78. The SMILES string of the molecule is O=S(=O)(C1CC1)N1CC[C@H](c2nnc3cnc4c(n23)CCN4)C1. The van der Waals surface area contributed by atoms with E-state index < -0.39 is 10.0 Å². The number of aromatic nitrogens is 4. The lowest BCUT2D eigenvalue weighted by atomic mass is 10.1. The van der Waals surface area contributed by atoms with Gasteiger partial charge in [-0.3, -0.25) is 4.40 Å². The van der Waals surface area contributed by atoms with Crippen molar-refractivity contribution in [1.29, 1.82) is 0 Å². The second-order valence-electron chi connectivity index (χ2n) is 6.57. The zero-order chi connectivity index (χ0) is 15.6. The lowest BCUT2D eigenvalue weighted by molar-refractivity contribution is 0.469. The van der Waals surface area contributed by atoms with E-state index in [1.165, 1.54) is 0 Å². The van der Waals surface area contributed by atoms with E-state index in [1.807, 2.05) is 0 Å². The highest BCUT2D eigenvalue weighted by Gasteiger charge is 2.43. The molecule has 2 aromatic heterocycles. The number of hydrogen-bond acceptors (Lipinski definition) is 6.